The maximum atomic E-state index is 12.0. The fraction of sp³-hybridized carbons (Fsp3) is 0.350. The van der Waals surface area contributed by atoms with Crippen molar-refractivity contribution in [2.45, 2.75) is 18.9 Å². The number of carbonyl (C=O) groups is 1. The van der Waals surface area contributed by atoms with Gasteiger partial charge in [0.15, 0.2) is 0 Å². The first-order valence-corrected chi connectivity index (χ1v) is 8.16. The van der Waals surface area contributed by atoms with E-state index in [0.29, 0.717) is 6.54 Å². The number of anilines is 2. The molecule has 1 heterocycles. The Morgan fingerprint density at radius 2 is 1.83 bits per heavy atom. The Balaban J connectivity index is 1.96. The van der Waals surface area contributed by atoms with E-state index in [1.807, 2.05) is 37.2 Å². The van der Waals surface area contributed by atoms with Crippen LogP contribution in [0.2, 0.25) is 0 Å². The Bertz CT molecular complexity index is 740. The third-order valence-corrected chi connectivity index (χ3v) is 4.81. The summed E-state index contributed by atoms with van der Waals surface area (Å²) < 4.78 is 5.98. The van der Waals surface area contributed by atoms with Gasteiger partial charge in [-0.15, -0.1) is 0 Å². The Morgan fingerprint density at radius 1 is 1.17 bits per heavy atom. The number of rotatable bonds is 4. The molecule has 0 saturated heterocycles. The van der Waals surface area contributed by atoms with Gasteiger partial charge in [0, 0.05) is 51.5 Å². The van der Waals surface area contributed by atoms with E-state index in [0.717, 1.165) is 17.7 Å². The van der Waals surface area contributed by atoms with Crippen LogP contribution in [0.25, 0.3) is 0 Å². The molecule has 4 heteroatoms. The summed E-state index contributed by atoms with van der Waals surface area (Å²) in [6.07, 6.45) is 0.734. The summed E-state index contributed by atoms with van der Waals surface area (Å²) in [6.45, 7) is 2.15. The lowest BCUT2D eigenvalue weighted by Gasteiger charge is -2.29. The van der Waals surface area contributed by atoms with E-state index in [1.54, 1.807) is 14.0 Å². The summed E-state index contributed by atoms with van der Waals surface area (Å²) in [4.78, 5) is 15.9. The zero-order valence-electron chi connectivity index (χ0n) is 14.7. The molecule has 24 heavy (non-hydrogen) atoms. The SMILES string of the molecule is COC1(Cc2ccc(N(C)C)cc2)CN(C(C)=O)c2ccccc21. The second-order valence-corrected chi connectivity index (χ2v) is 6.56. The van der Waals surface area contributed by atoms with Gasteiger partial charge in [-0.05, 0) is 23.8 Å². The van der Waals surface area contributed by atoms with E-state index in [-0.39, 0.29) is 5.91 Å². The molecule has 0 radical (unpaired) electrons. The standard InChI is InChI=1S/C20H24N2O2/c1-15(23)22-14-20(24-4,18-7-5-6-8-19(18)22)13-16-9-11-17(12-10-16)21(2)3/h5-12H,13-14H2,1-4H3. The number of hydrogen-bond acceptors (Lipinski definition) is 3. The smallest absolute Gasteiger partial charge is 0.223 e. The fourth-order valence-corrected chi connectivity index (χ4v) is 3.44. The minimum absolute atomic E-state index is 0.0457. The summed E-state index contributed by atoms with van der Waals surface area (Å²) in [5.41, 5.74) is 3.91. The van der Waals surface area contributed by atoms with Crippen molar-refractivity contribution in [3.05, 3.63) is 59.7 Å². The molecule has 126 valence electrons. The molecule has 1 amide bonds. The largest absolute Gasteiger partial charge is 0.378 e. The van der Waals surface area contributed by atoms with Gasteiger partial charge in [-0.1, -0.05) is 30.3 Å². The number of benzene rings is 2. The molecule has 1 unspecified atom stereocenters. The highest BCUT2D eigenvalue weighted by Gasteiger charge is 2.44. The van der Waals surface area contributed by atoms with Crippen LogP contribution in [-0.2, 0) is 21.6 Å². The van der Waals surface area contributed by atoms with Crippen molar-refractivity contribution in [3.63, 3.8) is 0 Å². The van der Waals surface area contributed by atoms with Gasteiger partial charge in [0.25, 0.3) is 0 Å². The summed E-state index contributed by atoms with van der Waals surface area (Å²) in [5, 5.41) is 0. The third kappa shape index (κ3) is 2.78. The molecule has 2 aromatic rings. The topological polar surface area (TPSA) is 32.8 Å². The van der Waals surface area contributed by atoms with E-state index < -0.39 is 5.60 Å². The molecular weight excluding hydrogens is 300 g/mol. The molecular formula is C20H24N2O2. The van der Waals surface area contributed by atoms with Gasteiger partial charge in [-0.3, -0.25) is 4.79 Å². The molecule has 0 saturated carbocycles. The van der Waals surface area contributed by atoms with Gasteiger partial charge in [-0.25, -0.2) is 0 Å². The van der Waals surface area contributed by atoms with Crippen molar-refractivity contribution < 1.29 is 9.53 Å². The molecule has 0 aliphatic carbocycles. The van der Waals surface area contributed by atoms with E-state index in [1.165, 1.54) is 11.3 Å². The average Bonchev–Trinajstić information content (AvgIpc) is 2.91. The van der Waals surface area contributed by atoms with Crippen LogP contribution in [0, 0.1) is 0 Å². The molecule has 0 fully saturated rings. The zero-order chi connectivity index (χ0) is 17.3. The molecule has 0 spiro atoms. The van der Waals surface area contributed by atoms with Crippen LogP contribution in [-0.4, -0.2) is 33.7 Å². The maximum absolute atomic E-state index is 12.0. The molecule has 2 aromatic carbocycles. The molecule has 1 atom stereocenters. The lowest BCUT2D eigenvalue weighted by atomic mass is 9.88. The van der Waals surface area contributed by atoms with E-state index in [2.05, 4.69) is 35.2 Å². The van der Waals surface area contributed by atoms with Crippen LogP contribution in [0.5, 0.6) is 0 Å². The first-order valence-electron chi connectivity index (χ1n) is 8.16. The molecule has 0 N–H and O–H groups in total. The first kappa shape index (κ1) is 16.5. The minimum atomic E-state index is -0.498. The highest BCUT2D eigenvalue weighted by Crippen LogP contribution is 2.43. The van der Waals surface area contributed by atoms with Crippen LogP contribution in [0.1, 0.15) is 18.1 Å². The molecule has 0 bridgehead atoms. The van der Waals surface area contributed by atoms with Crippen molar-refractivity contribution in [2.75, 3.05) is 37.5 Å². The van der Waals surface area contributed by atoms with Gasteiger partial charge < -0.3 is 14.5 Å². The number of nitrogens with zero attached hydrogens (tertiary/aromatic N) is 2. The normalized spacial score (nSPS) is 19.2. The quantitative estimate of drug-likeness (QED) is 0.866. The van der Waals surface area contributed by atoms with Crippen LogP contribution in [0.4, 0.5) is 11.4 Å². The van der Waals surface area contributed by atoms with Gasteiger partial charge in [0.05, 0.1) is 6.54 Å². The van der Waals surface area contributed by atoms with E-state index in [4.69, 9.17) is 4.74 Å². The summed E-state index contributed by atoms with van der Waals surface area (Å²) >= 11 is 0. The Morgan fingerprint density at radius 3 is 2.42 bits per heavy atom. The van der Waals surface area contributed by atoms with Crippen molar-refractivity contribution in [3.8, 4) is 0 Å². The number of ether oxygens (including phenoxy) is 1. The number of amides is 1. The second kappa shape index (κ2) is 6.29. The lowest BCUT2D eigenvalue weighted by molar-refractivity contribution is -0.117. The van der Waals surface area contributed by atoms with Crippen molar-refractivity contribution in [2.24, 2.45) is 0 Å². The molecule has 1 aliphatic heterocycles. The van der Waals surface area contributed by atoms with Crippen molar-refractivity contribution in [1.82, 2.24) is 0 Å². The van der Waals surface area contributed by atoms with Crippen LogP contribution < -0.4 is 9.80 Å². The summed E-state index contributed by atoms with van der Waals surface area (Å²) in [6, 6.07) is 16.5. The summed E-state index contributed by atoms with van der Waals surface area (Å²) in [7, 11) is 5.79. The van der Waals surface area contributed by atoms with Crippen molar-refractivity contribution in [1.29, 1.82) is 0 Å². The Hall–Kier alpha value is -2.33. The maximum Gasteiger partial charge on any atom is 0.223 e. The Labute approximate surface area is 143 Å². The van der Waals surface area contributed by atoms with Crippen LogP contribution in [0.15, 0.2) is 48.5 Å². The molecule has 3 rings (SSSR count). The fourth-order valence-electron chi connectivity index (χ4n) is 3.44. The number of para-hydroxylation sites is 1. The highest BCUT2D eigenvalue weighted by atomic mass is 16.5. The van der Waals surface area contributed by atoms with Crippen LogP contribution in [0.3, 0.4) is 0 Å². The van der Waals surface area contributed by atoms with E-state index >= 15 is 0 Å². The van der Waals surface area contributed by atoms with Crippen LogP contribution >= 0.6 is 0 Å². The molecule has 1 aliphatic rings. The van der Waals surface area contributed by atoms with Gasteiger partial charge >= 0.3 is 0 Å². The van der Waals surface area contributed by atoms with Gasteiger partial charge in [0.1, 0.15) is 5.60 Å². The minimum Gasteiger partial charge on any atom is -0.378 e. The summed E-state index contributed by atoms with van der Waals surface area (Å²) in [5.74, 6) is 0.0457. The first-order chi connectivity index (χ1) is 11.5. The lowest BCUT2D eigenvalue weighted by Crippen LogP contribution is -2.39. The second-order valence-electron chi connectivity index (χ2n) is 6.56. The van der Waals surface area contributed by atoms with Crippen molar-refractivity contribution >= 4 is 17.3 Å². The monoisotopic (exact) mass is 324 g/mol. The predicted octanol–water partition coefficient (Wildman–Crippen LogP) is 3.20. The number of hydrogen-bond donors (Lipinski definition) is 0. The average molecular weight is 324 g/mol. The predicted molar refractivity (Wildman–Crippen MR) is 97.6 cm³/mol. The van der Waals surface area contributed by atoms with Gasteiger partial charge in [-0.2, -0.15) is 0 Å². The zero-order valence-corrected chi connectivity index (χ0v) is 14.7. The highest BCUT2D eigenvalue weighted by molar-refractivity contribution is 5.94. The number of carbonyl (C=O) groups excluding carboxylic acids is 1. The third-order valence-electron chi connectivity index (χ3n) is 4.81. The molecule has 4 nitrogen and oxygen atoms in total. The Kier molecular flexibility index (Phi) is 4.33. The number of methoxy groups -OCH3 is 1. The van der Waals surface area contributed by atoms with Gasteiger partial charge in [0.2, 0.25) is 5.91 Å². The number of fused-ring (bicyclic) bond motifs is 1. The van der Waals surface area contributed by atoms with E-state index in [9.17, 15) is 4.79 Å². The molecule has 0 aromatic heterocycles.